The number of carbonyl (C=O) groups is 2. The molecular formula is C19H15ClFNO6S. The topological polar surface area (TPSA) is 98.8 Å². The zero-order valence-electron chi connectivity index (χ0n) is 15.2. The largest absolute Gasteiger partial charge is 0.456 e. The van der Waals surface area contributed by atoms with Gasteiger partial charge in [-0.05, 0) is 25.1 Å². The Bertz CT molecular complexity index is 1130. The molecule has 29 heavy (non-hydrogen) atoms. The zero-order chi connectivity index (χ0) is 21.4. The molecule has 0 bridgehead atoms. The van der Waals surface area contributed by atoms with Crippen LogP contribution in [0.25, 0.3) is 0 Å². The van der Waals surface area contributed by atoms with Crippen LogP contribution in [-0.2, 0) is 34.7 Å². The van der Waals surface area contributed by atoms with Crippen molar-refractivity contribution in [2.75, 3.05) is 0 Å². The van der Waals surface area contributed by atoms with E-state index in [-0.39, 0.29) is 15.5 Å². The van der Waals surface area contributed by atoms with Gasteiger partial charge in [-0.25, -0.2) is 17.5 Å². The summed E-state index contributed by atoms with van der Waals surface area (Å²) in [6.45, 7) is 2.25. The lowest BCUT2D eigenvalue weighted by atomic mass is 9.91. The van der Waals surface area contributed by atoms with E-state index < -0.39 is 44.8 Å². The molecular weight excluding hydrogens is 425 g/mol. The second-order valence-corrected chi connectivity index (χ2v) is 8.33. The average Bonchev–Trinajstić information content (AvgIpc) is 2.89. The molecule has 0 saturated carbocycles. The Morgan fingerprint density at radius 2 is 1.83 bits per heavy atom. The standard InChI is InChI=1S/C19H15ClFNO6S/c1-11(23)27-16-17(24)19(2,13-9-6-10-14(20)15(13)21)28-18(16)22-29(25,26)12-7-4-3-5-8-12/h3-10,22H,1-2H3. The molecule has 0 fully saturated rings. The van der Waals surface area contributed by atoms with Crippen molar-refractivity contribution in [2.24, 2.45) is 0 Å². The third-order valence-electron chi connectivity index (χ3n) is 4.14. The van der Waals surface area contributed by atoms with Crippen molar-refractivity contribution >= 4 is 33.4 Å². The molecule has 7 nitrogen and oxygen atoms in total. The van der Waals surface area contributed by atoms with Gasteiger partial charge in [-0.3, -0.25) is 9.59 Å². The summed E-state index contributed by atoms with van der Waals surface area (Å²) in [5.74, 6) is -4.06. The van der Waals surface area contributed by atoms with E-state index in [4.69, 9.17) is 21.1 Å². The molecule has 0 saturated heterocycles. The van der Waals surface area contributed by atoms with Gasteiger partial charge in [0, 0.05) is 12.5 Å². The van der Waals surface area contributed by atoms with Crippen LogP contribution in [0.2, 0.25) is 5.02 Å². The van der Waals surface area contributed by atoms with Crippen LogP contribution >= 0.6 is 11.6 Å². The normalized spacial score (nSPS) is 19.1. The second kappa shape index (κ2) is 7.49. The van der Waals surface area contributed by atoms with Crippen molar-refractivity contribution in [3.8, 4) is 0 Å². The highest BCUT2D eigenvalue weighted by Crippen LogP contribution is 2.41. The van der Waals surface area contributed by atoms with Gasteiger partial charge >= 0.3 is 5.97 Å². The fraction of sp³-hybridized carbons (Fsp3) is 0.158. The summed E-state index contributed by atoms with van der Waals surface area (Å²) in [4.78, 5) is 24.3. The summed E-state index contributed by atoms with van der Waals surface area (Å²) in [6, 6.07) is 11.2. The van der Waals surface area contributed by atoms with Gasteiger partial charge < -0.3 is 9.47 Å². The minimum Gasteiger partial charge on any atom is -0.456 e. The number of carbonyl (C=O) groups excluding carboxylic acids is 2. The minimum absolute atomic E-state index is 0.117. The van der Waals surface area contributed by atoms with Crippen LogP contribution in [0.3, 0.4) is 0 Å². The lowest BCUT2D eigenvalue weighted by Crippen LogP contribution is -2.33. The number of ketones is 1. The highest BCUT2D eigenvalue weighted by atomic mass is 35.5. The third-order valence-corrected chi connectivity index (χ3v) is 5.78. The quantitative estimate of drug-likeness (QED) is 0.719. The zero-order valence-corrected chi connectivity index (χ0v) is 16.8. The smallest absolute Gasteiger partial charge is 0.308 e. The molecule has 1 aliphatic rings. The number of hydrogen-bond donors (Lipinski definition) is 1. The Balaban J connectivity index is 2.06. The van der Waals surface area contributed by atoms with Crippen LogP contribution in [0.15, 0.2) is 65.1 Å². The number of halogens is 2. The van der Waals surface area contributed by atoms with Gasteiger partial charge in [-0.15, -0.1) is 0 Å². The highest BCUT2D eigenvalue weighted by Gasteiger charge is 2.51. The Morgan fingerprint density at radius 1 is 1.17 bits per heavy atom. The van der Waals surface area contributed by atoms with E-state index >= 15 is 0 Å². The number of Topliss-reactive ketones (excluding diaryl/α,β-unsaturated/α-hetero) is 1. The van der Waals surface area contributed by atoms with Crippen LogP contribution in [0, 0.1) is 5.82 Å². The summed E-state index contributed by atoms with van der Waals surface area (Å²) in [5.41, 5.74) is -2.25. The first-order chi connectivity index (χ1) is 13.6. The van der Waals surface area contributed by atoms with Gasteiger partial charge in [-0.1, -0.05) is 41.9 Å². The highest BCUT2D eigenvalue weighted by molar-refractivity contribution is 7.89. The maximum atomic E-state index is 14.6. The molecule has 0 aromatic heterocycles. The molecule has 1 aliphatic heterocycles. The van der Waals surface area contributed by atoms with Crippen molar-refractivity contribution in [2.45, 2.75) is 24.3 Å². The number of nitrogens with one attached hydrogen (secondary N) is 1. The summed E-state index contributed by atoms with van der Waals surface area (Å²) >= 11 is 5.79. The first-order valence-electron chi connectivity index (χ1n) is 8.25. The van der Waals surface area contributed by atoms with Gasteiger partial charge in [-0.2, -0.15) is 0 Å². The first kappa shape index (κ1) is 20.8. The second-order valence-electron chi connectivity index (χ2n) is 6.24. The van der Waals surface area contributed by atoms with Crippen LogP contribution in [0.1, 0.15) is 19.4 Å². The Hall–Kier alpha value is -2.91. The van der Waals surface area contributed by atoms with Crippen LogP contribution in [-0.4, -0.2) is 20.2 Å². The molecule has 10 heteroatoms. The molecule has 1 atom stereocenters. The molecule has 3 rings (SSSR count). The predicted molar refractivity (Wildman–Crippen MR) is 100 cm³/mol. The number of rotatable bonds is 5. The van der Waals surface area contributed by atoms with Crippen molar-refractivity contribution in [1.29, 1.82) is 0 Å². The molecule has 2 aromatic carbocycles. The fourth-order valence-electron chi connectivity index (χ4n) is 2.75. The van der Waals surface area contributed by atoms with E-state index in [1.165, 1.54) is 49.4 Å². The van der Waals surface area contributed by atoms with E-state index in [0.717, 1.165) is 6.92 Å². The molecule has 0 amide bonds. The van der Waals surface area contributed by atoms with E-state index in [0.29, 0.717) is 0 Å². The van der Waals surface area contributed by atoms with Gasteiger partial charge in [0.2, 0.25) is 11.4 Å². The van der Waals surface area contributed by atoms with Crippen LogP contribution in [0.4, 0.5) is 4.39 Å². The molecule has 1 N–H and O–H groups in total. The maximum absolute atomic E-state index is 14.6. The van der Waals surface area contributed by atoms with Crippen molar-refractivity contribution in [1.82, 2.24) is 4.72 Å². The van der Waals surface area contributed by atoms with Gasteiger partial charge in [0.25, 0.3) is 21.7 Å². The Labute approximate surface area is 171 Å². The van der Waals surface area contributed by atoms with E-state index in [1.54, 1.807) is 6.07 Å². The average molecular weight is 440 g/mol. The summed E-state index contributed by atoms with van der Waals surface area (Å²) in [6.07, 6.45) is 0. The molecule has 1 heterocycles. The van der Waals surface area contributed by atoms with E-state index in [9.17, 15) is 22.4 Å². The molecule has 0 radical (unpaired) electrons. The van der Waals surface area contributed by atoms with E-state index in [1.807, 2.05) is 0 Å². The van der Waals surface area contributed by atoms with Crippen molar-refractivity contribution in [3.05, 3.63) is 76.6 Å². The molecule has 152 valence electrons. The Morgan fingerprint density at radius 3 is 2.45 bits per heavy atom. The summed E-state index contributed by atoms with van der Waals surface area (Å²) < 4.78 is 52.3. The Kier molecular flexibility index (Phi) is 5.38. The number of esters is 1. The molecule has 0 aliphatic carbocycles. The first-order valence-corrected chi connectivity index (χ1v) is 10.1. The van der Waals surface area contributed by atoms with Crippen molar-refractivity contribution in [3.63, 3.8) is 0 Å². The fourth-order valence-corrected chi connectivity index (χ4v) is 3.94. The number of benzene rings is 2. The lowest BCUT2D eigenvalue weighted by Gasteiger charge is -2.24. The van der Waals surface area contributed by atoms with Crippen LogP contribution < -0.4 is 4.72 Å². The number of sulfonamides is 1. The number of ether oxygens (including phenoxy) is 2. The van der Waals surface area contributed by atoms with E-state index in [2.05, 4.69) is 4.72 Å². The molecule has 2 aromatic rings. The SMILES string of the molecule is CC(=O)OC1=C(NS(=O)(=O)c2ccccc2)OC(C)(c2cccc(Cl)c2F)C1=O. The van der Waals surface area contributed by atoms with Gasteiger partial charge in [0.05, 0.1) is 9.92 Å². The maximum Gasteiger partial charge on any atom is 0.308 e. The summed E-state index contributed by atoms with van der Waals surface area (Å²) in [7, 11) is -4.18. The predicted octanol–water partition coefficient (Wildman–Crippen LogP) is 3.00. The molecule has 0 spiro atoms. The molecule has 1 unspecified atom stereocenters. The van der Waals surface area contributed by atoms with Gasteiger partial charge in [0.1, 0.15) is 5.82 Å². The summed E-state index contributed by atoms with van der Waals surface area (Å²) in [5, 5.41) is -0.257. The van der Waals surface area contributed by atoms with Crippen molar-refractivity contribution < 1.29 is 31.9 Å². The van der Waals surface area contributed by atoms with Crippen LogP contribution in [0.5, 0.6) is 0 Å². The number of hydrogen-bond acceptors (Lipinski definition) is 6. The minimum atomic E-state index is -4.18. The third kappa shape index (κ3) is 3.83. The lowest BCUT2D eigenvalue weighted by molar-refractivity contribution is -0.142. The monoisotopic (exact) mass is 439 g/mol. The van der Waals surface area contributed by atoms with Gasteiger partial charge in [0.15, 0.2) is 0 Å².